The molecule has 0 radical (unpaired) electrons. The normalized spacial score (nSPS) is 17.4. The van der Waals surface area contributed by atoms with Gasteiger partial charge >= 0.3 is 0 Å². The fourth-order valence-corrected chi connectivity index (χ4v) is 4.87. The molecule has 27 heavy (non-hydrogen) atoms. The number of hydrogen-bond acceptors (Lipinski definition) is 4. The lowest BCUT2D eigenvalue weighted by Gasteiger charge is -2.30. The van der Waals surface area contributed by atoms with Gasteiger partial charge < -0.3 is 9.64 Å². The fraction of sp³-hybridized carbons (Fsp3) is 0.400. The van der Waals surface area contributed by atoms with Gasteiger partial charge in [-0.15, -0.1) is 0 Å². The minimum Gasteiger partial charge on any atom is -0.378 e. The highest BCUT2D eigenvalue weighted by Crippen LogP contribution is 2.31. The summed E-state index contributed by atoms with van der Waals surface area (Å²) in [6, 6.07) is 9.50. The van der Waals surface area contributed by atoms with E-state index in [9.17, 15) is 12.8 Å². The largest absolute Gasteiger partial charge is 0.378 e. The van der Waals surface area contributed by atoms with Gasteiger partial charge in [-0.3, -0.25) is 4.72 Å². The predicted octanol–water partition coefficient (Wildman–Crippen LogP) is 3.34. The van der Waals surface area contributed by atoms with Gasteiger partial charge in [0.05, 0.1) is 29.5 Å². The second-order valence-electron chi connectivity index (χ2n) is 7.00. The second-order valence-corrected chi connectivity index (χ2v) is 8.69. The summed E-state index contributed by atoms with van der Waals surface area (Å²) in [5.41, 5.74) is 3.24. The Morgan fingerprint density at radius 2 is 1.70 bits per heavy atom. The number of nitrogens with zero attached hydrogens (tertiary/aromatic N) is 1. The van der Waals surface area contributed by atoms with Crippen molar-refractivity contribution in [2.45, 2.75) is 30.6 Å². The Kier molecular flexibility index (Phi) is 5.06. The van der Waals surface area contributed by atoms with Crippen molar-refractivity contribution in [2.75, 3.05) is 35.9 Å². The molecule has 1 aliphatic carbocycles. The summed E-state index contributed by atoms with van der Waals surface area (Å²) in [6.45, 7) is 2.40. The molecule has 0 bridgehead atoms. The predicted molar refractivity (Wildman–Crippen MR) is 103 cm³/mol. The molecule has 1 N–H and O–H groups in total. The molecule has 7 heteroatoms. The van der Waals surface area contributed by atoms with Gasteiger partial charge in [0.2, 0.25) is 0 Å². The van der Waals surface area contributed by atoms with Crippen molar-refractivity contribution in [2.24, 2.45) is 0 Å². The molecular weight excluding hydrogens is 367 g/mol. The molecule has 0 spiro atoms. The molecular formula is C20H23FN2O3S. The maximum Gasteiger partial charge on any atom is 0.261 e. The molecule has 0 atom stereocenters. The van der Waals surface area contributed by atoms with E-state index in [2.05, 4.69) is 4.72 Å². The summed E-state index contributed by atoms with van der Waals surface area (Å²) < 4.78 is 47.7. The van der Waals surface area contributed by atoms with Gasteiger partial charge in [-0.2, -0.15) is 0 Å². The van der Waals surface area contributed by atoms with Crippen molar-refractivity contribution in [1.29, 1.82) is 0 Å². The zero-order chi connectivity index (χ0) is 18.9. The Hall–Kier alpha value is -2.12. The van der Waals surface area contributed by atoms with Crippen molar-refractivity contribution in [3.8, 4) is 0 Å². The topological polar surface area (TPSA) is 58.6 Å². The Morgan fingerprint density at radius 1 is 0.963 bits per heavy atom. The van der Waals surface area contributed by atoms with Gasteiger partial charge in [0.1, 0.15) is 5.82 Å². The number of aryl methyl sites for hydroxylation is 2. The van der Waals surface area contributed by atoms with Crippen molar-refractivity contribution < 1.29 is 17.5 Å². The van der Waals surface area contributed by atoms with Crippen LogP contribution in [-0.2, 0) is 27.6 Å². The third-order valence-corrected chi connectivity index (χ3v) is 6.55. The van der Waals surface area contributed by atoms with Gasteiger partial charge in [-0.1, -0.05) is 6.07 Å². The number of hydrogen-bond donors (Lipinski definition) is 1. The van der Waals surface area contributed by atoms with Crippen LogP contribution in [0.15, 0.2) is 41.3 Å². The summed E-state index contributed by atoms with van der Waals surface area (Å²) in [5.74, 6) is -0.477. The number of morpholine rings is 1. The summed E-state index contributed by atoms with van der Waals surface area (Å²) in [6.07, 6.45) is 4.12. The van der Waals surface area contributed by atoms with E-state index in [-0.39, 0.29) is 10.6 Å². The van der Waals surface area contributed by atoms with E-state index in [0.29, 0.717) is 32.0 Å². The van der Waals surface area contributed by atoms with Gasteiger partial charge in [0.15, 0.2) is 0 Å². The molecule has 1 fully saturated rings. The van der Waals surface area contributed by atoms with E-state index in [1.807, 2.05) is 11.0 Å². The summed E-state index contributed by atoms with van der Waals surface area (Å²) in [4.78, 5) is 2.23. The van der Waals surface area contributed by atoms with Gasteiger partial charge in [0.25, 0.3) is 10.0 Å². The van der Waals surface area contributed by atoms with Crippen molar-refractivity contribution in [3.05, 3.63) is 53.3 Å². The number of anilines is 2. The van der Waals surface area contributed by atoms with Crippen LogP contribution in [0.3, 0.4) is 0 Å². The minimum atomic E-state index is -3.80. The highest BCUT2D eigenvalue weighted by molar-refractivity contribution is 7.92. The third-order valence-electron chi connectivity index (χ3n) is 5.18. The van der Waals surface area contributed by atoms with Crippen molar-refractivity contribution in [3.63, 3.8) is 0 Å². The number of ether oxygens (including phenoxy) is 1. The maximum absolute atomic E-state index is 13.8. The molecule has 1 aliphatic heterocycles. The molecule has 2 aliphatic rings. The van der Waals surface area contributed by atoms with Crippen LogP contribution in [0.4, 0.5) is 15.8 Å². The molecule has 0 amide bonds. The van der Waals surface area contributed by atoms with E-state index < -0.39 is 15.8 Å². The molecule has 0 aromatic heterocycles. The van der Waals surface area contributed by atoms with Crippen LogP contribution in [0.5, 0.6) is 0 Å². The SMILES string of the molecule is O=S(=O)(Nc1cc(F)ccc1N1CCOCC1)c1ccc2c(c1)CCCC2. The van der Waals surface area contributed by atoms with E-state index >= 15 is 0 Å². The Morgan fingerprint density at radius 3 is 2.48 bits per heavy atom. The quantitative estimate of drug-likeness (QED) is 0.870. The average molecular weight is 390 g/mol. The van der Waals surface area contributed by atoms with E-state index in [1.54, 1.807) is 18.2 Å². The number of fused-ring (bicyclic) bond motifs is 1. The molecule has 1 heterocycles. The van der Waals surface area contributed by atoms with Crippen LogP contribution in [0.1, 0.15) is 24.0 Å². The number of halogens is 1. The minimum absolute atomic E-state index is 0.223. The lowest BCUT2D eigenvalue weighted by atomic mass is 9.92. The van der Waals surface area contributed by atoms with Gasteiger partial charge in [0, 0.05) is 19.2 Å². The molecule has 2 aromatic rings. The molecule has 144 valence electrons. The zero-order valence-electron chi connectivity index (χ0n) is 15.1. The number of rotatable bonds is 4. The first-order chi connectivity index (χ1) is 13.0. The average Bonchev–Trinajstić information content (AvgIpc) is 2.68. The summed E-state index contributed by atoms with van der Waals surface area (Å²) in [5, 5.41) is 0. The van der Waals surface area contributed by atoms with Crippen LogP contribution in [0.2, 0.25) is 0 Å². The lowest BCUT2D eigenvalue weighted by Crippen LogP contribution is -2.36. The van der Waals surface area contributed by atoms with E-state index in [1.165, 1.54) is 17.7 Å². The van der Waals surface area contributed by atoms with Gasteiger partial charge in [-0.05, 0) is 61.1 Å². The highest BCUT2D eigenvalue weighted by Gasteiger charge is 2.22. The Labute approximate surface area is 159 Å². The molecule has 0 saturated carbocycles. The standard InChI is InChI=1S/C20H23FN2O3S/c21-17-6-8-20(23-9-11-26-12-10-23)19(14-17)22-27(24,25)18-7-5-15-3-1-2-4-16(15)13-18/h5-8,13-14,22H,1-4,9-12H2. The third kappa shape index (κ3) is 3.94. The van der Waals surface area contributed by atoms with Crippen LogP contribution >= 0.6 is 0 Å². The Balaban J connectivity index is 1.65. The van der Waals surface area contributed by atoms with Crippen LogP contribution in [0, 0.1) is 5.82 Å². The number of sulfonamides is 1. The lowest BCUT2D eigenvalue weighted by molar-refractivity contribution is 0.123. The molecule has 1 saturated heterocycles. The van der Waals surface area contributed by atoms with Gasteiger partial charge in [-0.25, -0.2) is 12.8 Å². The Bertz CT molecular complexity index is 940. The van der Waals surface area contributed by atoms with Crippen LogP contribution < -0.4 is 9.62 Å². The zero-order valence-corrected chi connectivity index (χ0v) is 15.9. The van der Waals surface area contributed by atoms with E-state index in [4.69, 9.17) is 4.74 Å². The first kappa shape index (κ1) is 18.3. The number of benzene rings is 2. The van der Waals surface area contributed by atoms with Crippen molar-refractivity contribution >= 4 is 21.4 Å². The molecule has 4 rings (SSSR count). The number of nitrogens with one attached hydrogen (secondary N) is 1. The van der Waals surface area contributed by atoms with E-state index in [0.717, 1.165) is 31.2 Å². The molecule has 0 unspecified atom stereocenters. The maximum atomic E-state index is 13.8. The fourth-order valence-electron chi connectivity index (χ4n) is 3.75. The van der Waals surface area contributed by atoms with Crippen molar-refractivity contribution in [1.82, 2.24) is 0 Å². The second kappa shape index (κ2) is 7.48. The monoisotopic (exact) mass is 390 g/mol. The molecule has 2 aromatic carbocycles. The smallest absolute Gasteiger partial charge is 0.261 e. The van der Waals surface area contributed by atoms with Crippen LogP contribution in [0.25, 0.3) is 0 Å². The summed E-state index contributed by atoms with van der Waals surface area (Å²) in [7, 11) is -3.80. The van der Waals surface area contributed by atoms with Crippen LogP contribution in [-0.4, -0.2) is 34.7 Å². The summed E-state index contributed by atoms with van der Waals surface area (Å²) >= 11 is 0. The highest BCUT2D eigenvalue weighted by atomic mass is 32.2. The first-order valence-electron chi connectivity index (χ1n) is 9.30. The first-order valence-corrected chi connectivity index (χ1v) is 10.8. The molecule has 5 nitrogen and oxygen atoms in total.